The normalized spacial score (nSPS) is 12.7. The lowest BCUT2D eigenvalue weighted by atomic mass is 9.76. The van der Waals surface area contributed by atoms with Crippen LogP contribution in [0.2, 0.25) is 0 Å². The molecule has 2 aromatic carbocycles. The smallest absolute Gasteiger partial charge is 0.265 e. The van der Waals surface area contributed by atoms with Crippen molar-refractivity contribution in [3.8, 4) is 11.5 Å². The van der Waals surface area contributed by atoms with Crippen LogP contribution in [0.25, 0.3) is 0 Å². The molecule has 0 fully saturated rings. The number of rotatable bonds is 12. The van der Waals surface area contributed by atoms with Gasteiger partial charge in [0.05, 0.1) is 5.69 Å². The number of nitrogens with zero attached hydrogens (tertiary/aromatic N) is 1. The summed E-state index contributed by atoms with van der Waals surface area (Å²) in [5.74, 6) is -0.764. The van der Waals surface area contributed by atoms with Crippen LogP contribution in [0.3, 0.4) is 0 Å². The van der Waals surface area contributed by atoms with E-state index in [-0.39, 0.29) is 39.5 Å². The number of halogens is 1. The van der Waals surface area contributed by atoms with Gasteiger partial charge in [-0.25, -0.2) is 0 Å². The molecule has 204 valence electrons. The fourth-order valence-electron chi connectivity index (χ4n) is 3.91. The molecule has 0 radical (unpaired) electrons. The quantitative estimate of drug-likeness (QED) is 0.286. The summed E-state index contributed by atoms with van der Waals surface area (Å²) in [5.41, 5.74) is 2.13. The van der Waals surface area contributed by atoms with Crippen molar-refractivity contribution in [1.82, 2.24) is 0 Å². The molecule has 2 amide bonds. The molecule has 0 heterocycles. The Kier molecular flexibility index (Phi) is 10.1. The molecule has 0 aromatic heterocycles. The maximum atomic E-state index is 14.5. The van der Waals surface area contributed by atoms with Crippen LogP contribution in [0.5, 0.6) is 11.5 Å². The zero-order chi connectivity index (χ0) is 28.0. The van der Waals surface area contributed by atoms with E-state index in [1.807, 2.05) is 13.0 Å². The molecule has 0 spiro atoms. The lowest BCUT2D eigenvalue weighted by Gasteiger charge is -2.31. The van der Waals surface area contributed by atoms with Gasteiger partial charge in [-0.3, -0.25) is 9.59 Å². The fraction of sp³-hybridized carbons (Fsp3) is 0.533. The zero-order valence-electron chi connectivity index (χ0n) is 23.6. The van der Waals surface area contributed by atoms with Gasteiger partial charge in [-0.15, -0.1) is 5.12 Å². The van der Waals surface area contributed by atoms with Gasteiger partial charge >= 0.3 is 0 Å². The molecular weight excluding hydrogens is 471 g/mol. The molecule has 2 rings (SSSR count). The van der Waals surface area contributed by atoms with Crippen molar-refractivity contribution in [2.75, 3.05) is 10.4 Å². The Hall–Kier alpha value is -3.09. The number of aromatic hydroxyl groups is 1. The largest absolute Gasteiger partial charge is 0.508 e. The van der Waals surface area contributed by atoms with Crippen molar-refractivity contribution in [3.05, 3.63) is 47.5 Å². The third-order valence-electron chi connectivity index (χ3n) is 7.27. The number of hydrogen-bond donors (Lipinski definition) is 2. The topological polar surface area (TPSA) is 78.9 Å². The van der Waals surface area contributed by atoms with Crippen molar-refractivity contribution in [3.63, 3.8) is 0 Å². The van der Waals surface area contributed by atoms with E-state index >= 15 is 0 Å². The first kappa shape index (κ1) is 30.1. The Labute approximate surface area is 221 Å². The first-order chi connectivity index (χ1) is 17.3. The number of carbonyl (C=O) groups excluding carboxylic acids is 2. The van der Waals surface area contributed by atoms with Crippen molar-refractivity contribution < 1.29 is 23.9 Å². The fourth-order valence-corrected chi connectivity index (χ4v) is 3.91. The Morgan fingerprint density at radius 1 is 1.00 bits per heavy atom. The Morgan fingerprint density at radius 2 is 1.65 bits per heavy atom. The third kappa shape index (κ3) is 7.46. The van der Waals surface area contributed by atoms with Crippen LogP contribution in [-0.4, -0.2) is 23.0 Å². The average Bonchev–Trinajstić information content (AvgIpc) is 2.86. The molecule has 7 heteroatoms. The van der Waals surface area contributed by atoms with Gasteiger partial charge in [0.25, 0.3) is 11.8 Å². The Morgan fingerprint density at radius 3 is 2.22 bits per heavy atom. The van der Waals surface area contributed by atoms with Crippen LogP contribution in [0.15, 0.2) is 36.4 Å². The van der Waals surface area contributed by atoms with Gasteiger partial charge in [0.2, 0.25) is 0 Å². The highest BCUT2D eigenvalue weighted by atomic mass is 19.2. The SMILES string of the molecule is CCCC(=O)N(F)c1cc(O)cc(NC(=O)C(CC)Oc2ccc(C(C)(C)CC)cc2C(C)(C)CC)c1. The zero-order valence-corrected chi connectivity index (χ0v) is 23.6. The van der Waals surface area contributed by atoms with Gasteiger partial charge < -0.3 is 15.2 Å². The second kappa shape index (κ2) is 12.4. The van der Waals surface area contributed by atoms with Crippen LogP contribution >= 0.6 is 0 Å². The summed E-state index contributed by atoms with van der Waals surface area (Å²) < 4.78 is 20.8. The molecule has 0 saturated carbocycles. The predicted molar refractivity (Wildman–Crippen MR) is 148 cm³/mol. The first-order valence-corrected chi connectivity index (χ1v) is 13.2. The molecule has 2 N–H and O–H groups in total. The highest BCUT2D eigenvalue weighted by molar-refractivity contribution is 5.96. The predicted octanol–water partition coefficient (Wildman–Crippen LogP) is 7.58. The van der Waals surface area contributed by atoms with Crippen LogP contribution in [0.4, 0.5) is 15.9 Å². The van der Waals surface area contributed by atoms with Crippen molar-refractivity contribution in [1.29, 1.82) is 0 Å². The number of phenolic OH excluding ortho intramolecular Hbond substituents is 1. The summed E-state index contributed by atoms with van der Waals surface area (Å²) in [6.07, 6.45) is 1.99. The molecule has 1 atom stereocenters. The number of anilines is 2. The number of amides is 2. The van der Waals surface area contributed by atoms with Crippen LogP contribution < -0.4 is 15.2 Å². The minimum atomic E-state index is -0.814. The van der Waals surface area contributed by atoms with E-state index < -0.39 is 17.9 Å². The molecule has 0 aliphatic carbocycles. The summed E-state index contributed by atoms with van der Waals surface area (Å²) in [4.78, 5) is 25.1. The highest BCUT2D eigenvalue weighted by Crippen LogP contribution is 2.39. The van der Waals surface area contributed by atoms with Gasteiger partial charge in [-0.05, 0) is 54.2 Å². The minimum absolute atomic E-state index is 0.00840. The molecule has 1 unspecified atom stereocenters. The standard InChI is InChI=1S/C30H43FN2O4/c1-9-13-27(35)33(31)22-17-21(18-23(34)19-22)32-28(36)25(10-2)37-26-15-14-20(29(5,6)11-3)16-24(26)30(7,8)12-4/h14-19,25,34H,9-13H2,1-8H3,(H,32,36). The molecule has 0 bridgehead atoms. The summed E-state index contributed by atoms with van der Waals surface area (Å²) in [6, 6.07) is 9.95. The van der Waals surface area contributed by atoms with E-state index in [9.17, 15) is 19.2 Å². The second-order valence-electron chi connectivity index (χ2n) is 10.9. The lowest BCUT2D eigenvalue weighted by molar-refractivity contribution is -0.123. The van der Waals surface area contributed by atoms with Crippen LogP contribution in [0.1, 0.15) is 98.6 Å². The van der Waals surface area contributed by atoms with Crippen LogP contribution in [-0.2, 0) is 20.4 Å². The number of benzene rings is 2. The second-order valence-corrected chi connectivity index (χ2v) is 10.9. The highest BCUT2D eigenvalue weighted by Gasteiger charge is 2.29. The summed E-state index contributed by atoms with van der Waals surface area (Å²) in [6.45, 7) is 16.7. The Balaban J connectivity index is 2.34. The van der Waals surface area contributed by atoms with Gasteiger partial charge in [-0.2, -0.15) is 0 Å². The van der Waals surface area contributed by atoms with Crippen molar-refractivity contribution in [2.45, 2.75) is 104 Å². The van der Waals surface area contributed by atoms with E-state index in [1.54, 1.807) is 6.92 Å². The molecule has 0 aliphatic heterocycles. The van der Waals surface area contributed by atoms with Crippen molar-refractivity contribution in [2.24, 2.45) is 0 Å². The van der Waals surface area contributed by atoms with Gasteiger partial charge in [-0.1, -0.05) is 72.0 Å². The van der Waals surface area contributed by atoms with Crippen LogP contribution in [0, 0.1) is 0 Å². The summed E-state index contributed by atoms with van der Waals surface area (Å²) in [7, 11) is 0. The van der Waals surface area contributed by atoms with Gasteiger partial charge in [0.1, 0.15) is 11.5 Å². The Bertz CT molecular complexity index is 1100. The number of ether oxygens (including phenoxy) is 1. The third-order valence-corrected chi connectivity index (χ3v) is 7.27. The van der Waals surface area contributed by atoms with E-state index in [0.29, 0.717) is 18.6 Å². The van der Waals surface area contributed by atoms with Gasteiger partial charge in [0, 0.05) is 29.8 Å². The van der Waals surface area contributed by atoms with E-state index in [4.69, 9.17) is 4.74 Å². The average molecular weight is 515 g/mol. The molecule has 6 nitrogen and oxygen atoms in total. The number of nitrogens with one attached hydrogen (secondary N) is 1. The van der Waals surface area contributed by atoms with Crippen molar-refractivity contribution >= 4 is 23.2 Å². The monoisotopic (exact) mass is 514 g/mol. The summed E-state index contributed by atoms with van der Waals surface area (Å²) in [5, 5.41) is 12.8. The van der Waals surface area contributed by atoms with Gasteiger partial charge in [0.15, 0.2) is 6.10 Å². The molecule has 0 saturated heterocycles. The summed E-state index contributed by atoms with van der Waals surface area (Å²) >= 11 is 0. The maximum absolute atomic E-state index is 14.5. The molecule has 0 aliphatic rings. The molecule has 37 heavy (non-hydrogen) atoms. The maximum Gasteiger partial charge on any atom is 0.265 e. The number of phenols is 1. The molecular formula is C30H43FN2O4. The lowest BCUT2D eigenvalue weighted by Crippen LogP contribution is -2.33. The first-order valence-electron chi connectivity index (χ1n) is 13.2. The number of hydrogen-bond acceptors (Lipinski definition) is 4. The minimum Gasteiger partial charge on any atom is -0.508 e. The van der Waals surface area contributed by atoms with E-state index in [0.717, 1.165) is 24.5 Å². The number of carbonyl (C=O) groups is 2. The molecule has 2 aromatic rings. The van der Waals surface area contributed by atoms with E-state index in [2.05, 4.69) is 59.0 Å². The van der Waals surface area contributed by atoms with E-state index in [1.165, 1.54) is 17.7 Å².